The van der Waals surface area contributed by atoms with Crippen molar-refractivity contribution in [3.63, 3.8) is 0 Å². The highest BCUT2D eigenvalue weighted by Crippen LogP contribution is 2.06. The van der Waals surface area contributed by atoms with E-state index in [0.29, 0.717) is 17.7 Å². The van der Waals surface area contributed by atoms with Crippen LogP contribution in [0.2, 0.25) is 0 Å². The van der Waals surface area contributed by atoms with E-state index < -0.39 is 5.97 Å². The van der Waals surface area contributed by atoms with E-state index in [1.807, 2.05) is 0 Å². The molecule has 0 unspecified atom stereocenters. The number of aromatic nitrogens is 2. The van der Waals surface area contributed by atoms with E-state index >= 15 is 0 Å². The lowest BCUT2D eigenvalue weighted by Gasteiger charge is -1.96. The molecule has 1 rings (SSSR count). The first kappa shape index (κ1) is 9.38. The lowest BCUT2D eigenvalue weighted by molar-refractivity contribution is -0.132. The van der Waals surface area contributed by atoms with E-state index in [1.54, 1.807) is 13.1 Å². The molecule has 0 aliphatic carbocycles. The van der Waals surface area contributed by atoms with Crippen molar-refractivity contribution in [1.82, 2.24) is 9.97 Å². The highest BCUT2D eigenvalue weighted by atomic mass is 16.4. The number of carboxylic acids is 1. The van der Waals surface area contributed by atoms with Crippen molar-refractivity contribution in [2.45, 2.75) is 13.3 Å². The zero-order valence-corrected chi connectivity index (χ0v) is 7.27. The van der Waals surface area contributed by atoms with E-state index in [9.17, 15) is 4.79 Å². The topological polar surface area (TPSA) is 63.1 Å². The molecule has 0 aromatic carbocycles. The van der Waals surface area contributed by atoms with Crippen LogP contribution in [0.25, 0.3) is 6.08 Å². The van der Waals surface area contributed by atoms with Crippen molar-refractivity contribution in [3.8, 4) is 0 Å². The second-order valence-electron chi connectivity index (χ2n) is 2.46. The van der Waals surface area contributed by atoms with Gasteiger partial charge in [-0.25, -0.2) is 4.79 Å². The Bertz CT molecular complexity index is 320. The van der Waals surface area contributed by atoms with Gasteiger partial charge in [0.2, 0.25) is 0 Å². The molecular formula is C9H10N2O2. The molecule has 0 spiro atoms. The molecule has 0 aliphatic heterocycles. The largest absolute Gasteiger partial charge is 0.478 e. The van der Waals surface area contributed by atoms with Crippen LogP contribution in [0.15, 0.2) is 24.2 Å². The Balaban J connectivity index is 2.92. The molecule has 1 aromatic heterocycles. The van der Waals surface area contributed by atoms with Crippen LogP contribution in [-0.4, -0.2) is 21.0 Å². The van der Waals surface area contributed by atoms with E-state index in [1.165, 1.54) is 18.5 Å². The van der Waals surface area contributed by atoms with Gasteiger partial charge in [0.25, 0.3) is 0 Å². The van der Waals surface area contributed by atoms with Crippen LogP contribution in [0.5, 0.6) is 0 Å². The summed E-state index contributed by atoms with van der Waals surface area (Å²) in [7, 11) is 0. The number of hydrogen-bond donors (Lipinski definition) is 1. The molecule has 1 N–H and O–H groups in total. The van der Waals surface area contributed by atoms with Gasteiger partial charge < -0.3 is 5.11 Å². The van der Waals surface area contributed by atoms with Gasteiger partial charge in [-0.2, -0.15) is 0 Å². The van der Waals surface area contributed by atoms with Crippen LogP contribution in [0.1, 0.15) is 19.0 Å². The summed E-state index contributed by atoms with van der Waals surface area (Å²) < 4.78 is 0. The van der Waals surface area contributed by atoms with Gasteiger partial charge in [0.05, 0.1) is 11.9 Å². The second kappa shape index (κ2) is 4.35. The van der Waals surface area contributed by atoms with Crippen LogP contribution >= 0.6 is 0 Å². The Morgan fingerprint density at radius 1 is 1.62 bits per heavy atom. The Kier molecular flexibility index (Phi) is 3.14. The zero-order chi connectivity index (χ0) is 9.68. The van der Waals surface area contributed by atoms with Gasteiger partial charge in [0.1, 0.15) is 0 Å². The highest BCUT2D eigenvalue weighted by molar-refractivity contribution is 5.91. The first-order valence-electron chi connectivity index (χ1n) is 3.94. The van der Waals surface area contributed by atoms with Crippen molar-refractivity contribution in [3.05, 3.63) is 29.9 Å². The summed E-state index contributed by atoms with van der Waals surface area (Å²) in [4.78, 5) is 18.4. The van der Waals surface area contributed by atoms with Crippen LogP contribution in [0, 0.1) is 0 Å². The molecule has 0 fully saturated rings. The Labute approximate surface area is 76.0 Å². The van der Waals surface area contributed by atoms with E-state index in [4.69, 9.17) is 5.11 Å². The van der Waals surface area contributed by atoms with Crippen LogP contribution in [0.3, 0.4) is 0 Å². The van der Waals surface area contributed by atoms with Gasteiger partial charge in [-0.1, -0.05) is 6.92 Å². The third-order valence-corrected chi connectivity index (χ3v) is 1.56. The Hall–Kier alpha value is -1.71. The summed E-state index contributed by atoms with van der Waals surface area (Å²) >= 11 is 0. The van der Waals surface area contributed by atoms with Crippen molar-refractivity contribution >= 4 is 12.0 Å². The van der Waals surface area contributed by atoms with E-state index in [2.05, 4.69) is 9.97 Å². The van der Waals surface area contributed by atoms with Crippen molar-refractivity contribution in [2.24, 2.45) is 0 Å². The number of rotatable bonds is 3. The van der Waals surface area contributed by atoms with Crippen molar-refractivity contribution in [1.29, 1.82) is 0 Å². The molecule has 0 bridgehead atoms. The third-order valence-electron chi connectivity index (χ3n) is 1.56. The third kappa shape index (κ3) is 2.66. The first-order valence-corrected chi connectivity index (χ1v) is 3.94. The summed E-state index contributed by atoms with van der Waals surface area (Å²) in [6, 6.07) is 0. The molecule has 0 radical (unpaired) electrons. The fourth-order valence-electron chi connectivity index (χ4n) is 0.879. The summed E-state index contributed by atoms with van der Waals surface area (Å²) in [5.74, 6) is -0.909. The maximum atomic E-state index is 10.6. The number of aliphatic carboxylic acids is 1. The van der Waals surface area contributed by atoms with Gasteiger partial charge in [-0.15, -0.1) is 0 Å². The molecule has 0 atom stereocenters. The lowest BCUT2D eigenvalue weighted by atomic mass is 10.2. The average Bonchev–Trinajstić information content (AvgIpc) is 2.15. The molecule has 1 heterocycles. The molecule has 0 saturated carbocycles. The van der Waals surface area contributed by atoms with Crippen LogP contribution in [-0.2, 0) is 4.79 Å². The summed E-state index contributed by atoms with van der Waals surface area (Å²) in [6.07, 6.45) is 6.60. The molecule has 1 aromatic rings. The van der Waals surface area contributed by atoms with Crippen molar-refractivity contribution < 1.29 is 9.90 Å². The lowest BCUT2D eigenvalue weighted by Crippen LogP contribution is -1.99. The van der Waals surface area contributed by atoms with Gasteiger partial charge in [-0.3, -0.25) is 9.97 Å². The monoisotopic (exact) mass is 178 g/mol. The maximum absolute atomic E-state index is 10.6. The van der Waals surface area contributed by atoms with Gasteiger partial charge in [0.15, 0.2) is 0 Å². The Morgan fingerprint density at radius 2 is 2.38 bits per heavy atom. The number of carboxylic acid groups (broad SMARTS) is 1. The molecule has 68 valence electrons. The van der Waals surface area contributed by atoms with E-state index in [0.717, 1.165) is 0 Å². The van der Waals surface area contributed by atoms with Crippen LogP contribution < -0.4 is 0 Å². The average molecular weight is 178 g/mol. The molecular weight excluding hydrogens is 168 g/mol. The minimum absolute atomic E-state index is 0.334. The summed E-state index contributed by atoms with van der Waals surface area (Å²) in [6.45, 7) is 1.79. The fourth-order valence-corrected chi connectivity index (χ4v) is 0.879. The smallest absolute Gasteiger partial charge is 0.331 e. The molecule has 0 aliphatic rings. The van der Waals surface area contributed by atoms with Gasteiger partial charge in [-0.05, 0) is 12.5 Å². The molecule has 4 heteroatoms. The standard InChI is InChI=1S/C9H10N2O2/c1-2-7(9(12)13)5-8-6-10-3-4-11-8/h3-6H,2H2,1H3,(H,12,13)/b7-5+. The number of hydrogen-bond acceptors (Lipinski definition) is 3. The summed E-state index contributed by atoms with van der Waals surface area (Å²) in [5, 5.41) is 8.72. The molecule has 4 nitrogen and oxygen atoms in total. The van der Waals surface area contributed by atoms with Gasteiger partial charge >= 0.3 is 5.97 Å². The van der Waals surface area contributed by atoms with Gasteiger partial charge in [0, 0.05) is 18.0 Å². The number of nitrogens with zero attached hydrogens (tertiary/aromatic N) is 2. The summed E-state index contributed by atoms with van der Waals surface area (Å²) in [5.41, 5.74) is 0.905. The first-order chi connectivity index (χ1) is 6.24. The minimum atomic E-state index is -0.909. The molecule has 0 amide bonds. The van der Waals surface area contributed by atoms with Crippen LogP contribution in [0.4, 0.5) is 0 Å². The zero-order valence-electron chi connectivity index (χ0n) is 7.27. The Morgan fingerprint density at radius 3 is 2.85 bits per heavy atom. The molecule has 0 saturated heterocycles. The maximum Gasteiger partial charge on any atom is 0.331 e. The SMILES string of the molecule is CC/C(=C\c1cnccn1)C(=O)O. The number of carbonyl (C=O) groups is 1. The highest BCUT2D eigenvalue weighted by Gasteiger charge is 2.03. The predicted molar refractivity (Wildman–Crippen MR) is 47.9 cm³/mol. The molecule has 13 heavy (non-hydrogen) atoms. The minimum Gasteiger partial charge on any atom is -0.478 e. The predicted octanol–water partition coefficient (Wildman–Crippen LogP) is 1.35. The fraction of sp³-hybridized carbons (Fsp3) is 0.222. The normalized spacial score (nSPS) is 11.3. The van der Waals surface area contributed by atoms with E-state index in [-0.39, 0.29) is 0 Å². The quantitative estimate of drug-likeness (QED) is 0.709. The van der Waals surface area contributed by atoms with Crippen molar-refractivity contribution in [2.75, 3.05) is 0 Å². The second-order valence-corrected chi connectivity index (χ2v) is 2.46.